The van der Waals surface area contributed by atoms with Gasteiger partial charge in [-0.2, -0.15) is 4.98 Å². The molecule has 114 valence electrons. The predicted octanol–water partition coefficient (Wildman–Crippen LogP) is 1.38. The van der Waals surface area contributed by atoms with Gasteiger partial charge in [-0.3, -0.25) is 0 Å². The maximum atomic E-state index is 13.2. The summed E-state index contributed by atoms with van der Waals surface area (Å²) in [5.74, 6) is 0.109. The normalized spacial score (nSPS) is 11.8. The molecular formula is C11H12BrFN4O3S. The minimum atomic E-state index is -3.82. The van der Waals surface area contributed by atoms with Gasteiger partial charge in [0.05, 0.1) is 10.6 Å². The molecule has 7 nitrogen and oxygen atoms in total. The molecule has 0 amide bonds. The van der Waals surface area contributed by atoms with Crippen LogP contribution in [0, 0.1) is 12.7 Å². The first-order valence-electron chi connectivity index (χ1n) is 5.83. The highest BCUT2D eigenvalue weighted by atomic mass is 79.9. The largest absolute Gasteiger partial charge is 0.396 e. The highest BCUT2D eigenvalue weighted by Gasteiger charge is 2.19. The monoisotopic (exact) mass is 378 g/mol. The van der Waals surface area contributed by atoms with Crippen LogP contribution in [0.1, 0.15) is 11.7 Å². The van der Waals surface area contributed by atoms with Gasteiger partial charge in [-0.15, -0.1) is 0 Å². The van der Waals surface area contributed by atoms with Crippen LogP contribution in [0.25, 0.3) is 0 Å². The Morgan fingerprint density at radius 3 is 2.81 bits per heavy atom. The Morgan fingerprint density at radius 1 is 1.48 bits per heavy atom. The van der Waals surface area contributed by atoms with Crippen molar-refractivity contribution in [2.75, 3.05) is 12.3 Å². The van der Waals surface area contributed by atoms with E-state index in [1.807, 2.05) is 0 Å². The molecule has 1 aromatic carbocycles. The van der Waals surface area contributed by atoms with Crippen LogP contribution in [-0.2, 0) is 16.4 Å². The molecule has 0 saturated carbocycles. The number of aryl methyl sites for hydroxylation is 1. The van der Waals surface area contributed by atoms with Gasteiger partial charge in [0.25, 0.3) is 0 Å². The van der Waals surface area contributed by atoms with Crippen molar-refractivity contribution >= 4 is 31.6 Å². The quantitative estimate of drug-likeness (QED) is 0.760. The lowest BCUT2D eigenvalue weighted by Gasteiger charge is -2.09. The molecule has 2 rings (SSSR count). The summed E-state index contributed by atoms with van der Waals surface area (Å²) in [4.78, 5) is 3.82. The van der Waals surface area contributed by atoms with Crippen molar-refractivity contribution in [2.45, 2.75) is 18.2 Å². The van der Waals surface area contributed by atoms with Crippen LogP contribution in [0.5, 0.6) is 0 Å². The number of nitrogens with zero attached hydrogens (tertiary/aromatic N) is 2. The van der Waals surface area contributed by atoms with Gasteiger partial charge in [-0.1, -0.05) is 5.16 Å². The van der Waals surface area contributed by atoms with Crippen LogP contribution in [0.3, 0.4) is 0 Å². The lowest BCUT2D eigenvalue weighted by Crippen LogP contribution is -2.26. The molecule has 2 aromatic rings. The van der Waals surface area contributed by atoms with Gasteiger partial charge < -0.3 is 10.3 Å². The topological polar surface area (TPSA) is 111 Å². The van der Waals surface area contributed by atoms with Crippen molar-refractivity contribution in [1.29, 1.82) is 0 Å². The van der Waals surface area contributed by atoms with E-state index >= 15 is 0 Å². The van der Waals surface area contributed by atoms with Crippen LogP contribution in [0.15, 0.2) is 26.0 Å². The van der Waals surface area contributed by atoms with Crippen molar-refractivity contribution in [1.82, 2.24) is 14.9 Å². The summed E-state index contributed by atoms with van der Waals surface area (Å²) in [6, 6.07) is 2.06. The van der Waals surface area contributed by atoms with Gasteiger partial charge in [0, 0.05) is 24.4 Å². The summed E-state index contributed by atoms with van der Waals surface area (Å²) in [6.07, 6.45) is 0.269. The number of nitrogens with one attached hydrogen (secondary N) is 1. The summed E-state index contributed by atoms with van der Waals surface area (Å²) in [5.41, 5.74) is 5.15. The van der Waals surface area contributed by atoms with Crippen LogP contribution in [0.2, 0.25) is 0 Å². The maximum absolute atomic E-state index is 13.2. The first-order valence-corrected chi connectivity index (χ1v) is 8.10. The smallest absolute Gasteiger partial charge is 0.241 e. The number of hydrogen-bond donors (Lipinski definition) is 2. The van der Waals surface area contributed by atoms with E-state index in [0.29, 0.717) is 11.7 Å². The minimum Gasteiger partial charge on any atom is -0.396 e. The Balaban J connectivity index is 2.10. The average molecular weight is 379 g/mol. The van der Waals surface area contributed by atoms with E-state index in [1.165, 1.54) is 0 Å². The number of sulfonamides is 1. The number of hydrogen-bond acceptors (Lipinski definition) is 6. The zero-order valence-electron chi connectivity index (χ0n) is 10.9. The fraction of sp³-hybridized carbons (Fsp3) is 0.273. The SMILES string of the molecule is Cc1nc(CCNS(=O)(=O)c2cc(N)c(F)cc2Br)no1. The molecule has 0 radical (unpaired) electrons. The Bertz CT molecular complexity index is 763. The molecule has 0 bridgehead atoms. The molecule has 3 N–H and O–H groups in total. The Morgan fingerprint density at radius 2 is 2.19 bits per heavy atom. The minimum absolute atomic E-state index is 0.0744. The van der Waals surface area contributed by atoms with E-state index in [9.17, 15) is 12.8 Å². The summed E-state index contributed by atoms with van der Waals surface area (Å²) in [6.45, 7) is 1.71. The van der Waals surface area contributed by atoms with E-state index in [0.717, 1.165) is 12.1 Å². The molecule has 1 heterocycles. The van der Waals surface area contributed by atoms with E-state index in [4.69, 9.17) is 10.3 Å². The van der Waals surface area contributed by atoms with Crippen LogP contribution in [-0.4, -0.2) is 25.1 Å². The molecule has 0 unspecified atom stereocenters. The standard InChI is InChI=1S/C11H12BrFN4O3S/c1-6-16-11(17-20-6)2-3-15-21(18,19)10-5-9(14)8(13)4-7(10)12/h4-5,15H,2-3,14H2,1H3. The zero-order valence-corrected chi connectivity index (χ0v) is 13.3. The fourth-order valence-corrected chi connectivity index (χ4v) is 3.65. The van der Waals surface area contributed by atoms with E-state index in [2.05, 4.69) is 30.8 Å². The van der Waals surface area contributed by atoms with Gasteiger partial charge >= 0.3 is 0 Å². The Labute approximate surface area is 128 Å². The molecule has 0 aliphatic heterocycles. The summed E-state index contributed by atoms with van der Waals surface area (Å²) >= 11 is 3.00. The molecule has 0 spiro atoms. The van der Waals surface area contributed by atoms with Gasteiger partial charge in [-0.25, -0.2) is 17.5 Å². The van der Waals surface area contributed by atoms with Gasteiger partial charge in [0.15, 0.2) is 5.82 Å². The molecule has 0 aliphatic carbocycles. The van der Waals surface area contributed by atoms with Crippen molar-refractivity contribution in [3.05, 3.63) is 34.1 Å². The second-order valence-electron chi connectivity index (χ2n) is 4.18. The zero-order chi connectivity index (χ0) is 15.6. The number of rotatable bonds is 5. The van der Waals surface area contributed by atoms with Crippen molar-refractivity contribution < 1.29 is 17.3 Å². The number of nitrogens with two attached hydrogens (primary N) is 1. The van der Waals surface area contributed by atoms with E-state index < -0.39 is 15.8 Å². The molecular weight excluding hydrogens is 367 g/mol. The molecule has 10 heteroatoms. The molecule has 21 heavy (non-hydrogen) atoms. The molecule has 0 atom stereocenters. The van der Waals surface area contributed by atoms with Crippen molar-refractivity contribution in [3.8, 4) is 0 Å². The molecule has 0 saturated heterocycles. The molecule has 1 aromatic heterocycles. The lowest BCUT2D eigenvalue weighted by atomic mass is 10.3. The van der Waals surface area contributed by atoms with Gasteiger partial charge in [0.1, 0.15) is 5.82 Å². The van der Waals surface area contributed by atoms with Gasteiger partial charge in [-0.05, 0) is 28.1 Å². The van der Waals surface area contributed by atoms with Crippen molar-refractivity contribution in [3.63, 3.8) is 0 Å². The second kappa shape index (κ2) is 6.08. The van der Waals surface area contributed by atoms with Crippen LogP contribution in [0.4, 0.5) is 10.1 Å². The predicted molar refractivity (Wildman–Crippen MR) is 76.4 cm³/mol. The third-order valence-corrected chi connectivity index (χ3v) is 4.97. The first-order chi connectivity index (χ1) is 9.79. The number of nitrogen functional groups attached to an aromatic ring is 1. The first kappa shape index (κ1) is 15.9. The molecule has 0 aliphatic rings. The lowest BCUT2D eigenvalue weighted by molar-refractivity contribution is 0.387. The highest BCUT2D eigenvalue weighted by molar-refractivity contribution is 9.10. The Kier molecular flexibility index (Phi) is 4.59. The van der Waals surface area contributed by atoms with Crippen LogP contribution < -0.4 is 10.5 Å². The molecule has 0 fully saturated rings. The van der Waals surface area contributed by atoms with E-state index in [-0.39, 0.29) is 28.0 Å². The maximum Gasteiger partial charge on any atom is 0.241 e. The Hall–Kier alpha value is -1.52. The summed E-state index contributed by atoms with van der Waals surface area (Å²) < 4.78 is 44.7. The van der Waals surface area contributed by atoms with Gasteiger partial charge in [0.2, 0.25) is 15.9 Å². The number of anilines is 1. The average Bonchev–Trinajstić information content (AvgIpc) is 2.79. The van der Waals surface area contributed by atoms with Crippen molar-refractivity contribution in [2.24, 2.45) is 0 Å². The number of benzene rings is 1. The highest BCUT2D eigenvalue weighted by Crippen LogP contribution is 2.26. The second-order valence-corrected chi connectivity index (χ2v) is 6.77. The van der Waals surface area contributed by atoms with Crippen LogP contribution >= 0.6 is 15.9 Å². The number of aromatic nitrogens is 2. The number of halogens is 2. The summed E-state index contributed by atoms with van der Waals surface area (Å²) in [5, 5.41) is 3.65. The third-order valence-electron chi connectivity index (χ3n) is 2.55. The third kappa shape index (κ3) is 3.77. The fourth-order valence-electron chi connectivity index (χ4n) is 1.57. The van der Waals surface area contributed by atoms with E-state index in [1.54, 1.807) is 6.92 Å². The summed E-state index contributed by atoms with van der Waals surface area (Å²) in [7, 11) is -3.82.